The highest BCUT2D eigenvalue weighted by atomic mass is 32.2. The van der Waals surface area contributed by atoms with Gasteiger partial charge >= 0.3 is 0 Å². The molecule has 9 heteroatoms. The van der Waals surface area contributed by atoms with Crippen LogP contribution in [0.15, 0.2) is 30.5 Å². The van der Waals surface area contributed by atoms with E-state index in [-0.39, 0.29) is 17.5 Å². The molecule has 1 atom stereocenters. The van der Waals surface area contributed by atoms with Gasteiger partial charge < -0.3 is 19.7 Å². The highest BCUT2D eigenvalue weighted by Gasteiger charge is 2.32. The van der Waals surface area contributed by atoms with Crippen molar-refractivity contribution in [3.8, 4) is 11.5 Å². The van der Waals surface area contributed by atoms with Crippen molar-refractivity contribution in [1.29, 1.82) is 0 Å². The fourth-order valence-electron chi connectivity index (χ4n) is 3.18. The summed E-state index contributed by atoms with van der Waals surface area (Å²) in [6, 6.07) is 7.12. The molecule has 0 saturated carbocycles. The minimum absolute atomic E-state index is 0.0919. The Kier molecular flexibility index (Phi) is 5.69. The maximum atomic E-state index is 11.8. The van der Waals surface area contributed by atoms with Gasteiger partial charge in [0.25, 0.3) is 0 Å². The lowest BCUT2D eigenvalue weighted by molar-refractivity contribution is 0.395. The van der Waals surface area contributed by atoms with Crippen LogP contribution in [-0.4, -0.2) is 56.7 Å². The predicted molar refractivity (Wildman–Crippen MR) is 105 cm³/mol. The maximum Gasteiger partial charge on any atom is 0.227 e. The number of ether oxygens (including phenoxy) is 2. The average molecular weight is 392 g/mol. The lowest BCUT2D eigenvalue weighted by Crippen LogP contribution is -2.37. The number of rotatable bonds is 7. The van der Waals surface area contributed by atoms with Crippen LogP contribution in [0.25, 0.3) is 0 Å². The third-order valence-corrected chi connectivity index (χ3v) is 6.31. The van der Waals surface area contributed by atoms with Crippen molar-refractivity contribution >= 4 is 27.3 Å². The van der Waals surface area contributed by atoms with Gasteiger partial charge in [-0.05, 0) is 31.5 Å². The first kappa shape index (κ1) is 19.2. The molecule has 0 bridgehead atoms. The van der Waals surface area contributed by atoms with Crippen LogP contribution in [0.4, 0.5) is 17.5 Å². The molecule has 1 saturated heterocycles. The summed E-state index contributed by atoms with van der Waals surface area (Å²) < 4.78 is 34.3. The van der Waals surface area contributed by atoms with Crippen molar-refractivity contribution in [2.45, 2.75) is 19.4 Å². The van der Waals surface area contributed by atoms with E-state index in [1.807, 2.05) is 24.0 Å². The largest absolute Gasteiger partial charge is 0.497 e. The molecular formula is C18H24N4O4S. The molecule has 0 amide bonds. The first-order chi connectivity index (χ1) is 13.0. The van der Waals surface area contributed by atoms with Crippen molar-refractivity contribution in [1.82, 2.24) is 9.97 Å². The predicted octanol–water partition coefficient (Wildman–Crippen LogP) is 2.25. The molecule has 1 aromatic carbocycles. The molecule has 1 aliphatic rings. The number of aromatic nitrogens is 2. The quantitative estimate of drug-likeness (QED) is 0.767. The molecule has 0 aliphatic carbocycles. The van der Waals surface area contributed by atoms with E-state index >= 15 is 0 Å². The lowest BCUT2D eigenvalue weighted by atomic mass is 10.2. The third kappa shape index (κ3) is 4.41. The third-order valence-electron chi connectivity index (χ3n) is 4.56. The monoisotopic (exact) mass is 392 g/mol. The molecular weight excluding hydrogens is 368 g/mol. The van der Waals surface area contributed by atoms with E-state index in [1.165, 1.54) is 0 Å². The van der Waals surface area contributed by atoms with E-state index in [0.717, 1.165) is 5.69 Å². The second-order valence-corrected chi connectivity index (χ2v) is 8.50. The van der Waals surface area contributed by atoms with Crippen molar-refractivity contribution in [2.24, 2.45) is 0 Å². The lowest BCUT2D eigenvalue weighted by Gasteiger charge is -2.27. The van der Waals surface area contributed by atoms with Gasteiger partial charge in [-0.3, -0.25) is 0 Å². The minimum Gasteiger partial charge on any atom is -0.497 e. The first-order valence-corrected chi connectivity index (χ1v) is 10.6. The van der Waals surface area contributed by atoms with Crippen LogP contribution in [0.1, 0.15) is 13.3 Å². The second kappa shape index (κ2) is 7.99. The Hall–Kier alpha value is -2.55. The molecule has 1 aromatic heterocycles. The summed E-state index contributed by atoms with van der Waals surface area (Å²) in [6.45, 7) is 2.61. The van der Waals surface area contributed by atoms with Gasteiger partial charge in [0.15, 0.2) is 9.84 Å². The van der Waals surface area contributed by atoms with Gasteiger partial charge in [0.1, 0.15) is 17.3 Å². The normalized spacial score (nSPS) is 18.1. The SMILES string of the molecule is CCN(c1nccc(Nc2ccc(OC)cc2OC)n1)C1CCS(=O)(=O)C1. The van der Waals surface area contributed by atoms with Gasteiger partial charge in [-0.25, -0.2) is 13.4 Å². The number of anilines is 3. The van der Waals surface area contributed by atoms with E-state index < -0.39 is 9.84 Å². The fraction of sp³-hybridized carbons (Fsp3) is 0.444. The number of benzene rings is 1. The van der Waals surface area contributed by atoms with Crippen LogP contribution < -0.4 is 19.7 Å². The summed E-state index contributed by atoms with van der Waals surface area (Å²) in [5.41, 5.74) is 0.745. The molecule has 1 unspecified atom stereocenters. The number of hydrogen-bond donors (Lipinski definition) is 1. The zero-order chi connectivity index (χ0) is 19.4. The number of methoxy groups -OCH3 is 2. The summed E-state index contributed by atoms with van der Waals surface area (Å²) in [4.78, 5) is 10.9. The molecule has 8 nitrogen and oxygen atoms in total. The summed E-state index contributed by atoms with van der Waals surface area (Å²) >= 11 is 0. The summed E-state index contributed by atoms with van der Waals surface area (Å²) in [5.74, 6) is 2.80. The molecule has 146 valence electrons. The number of nitrogens with zero attached hydrogens (tertiary/aromatic N) is 3. The molecule has 0 radical (unpaired) electrons. The Morgan fingerprint density at radius 2 is 2.07 bits per heavy atom. The molecule has 1 aliphatic heterocycles. The zero-order valence-corrected chi connectivity index (χ0v) is 16.5. The smallest absolute Gasteiger partial charge is 0.227 e. The molecule has 1 fully saturated rings. The van der Waals surface area contributed by atoms with Gasteiger partial charge in [0.05, 0.1) is 31.4 Å². The Labute approximate surface area is 159 Å². The van der Waals surface area contributed by atoms with E-state index in [4.69, 9.17) is 9.47 Å². The zero-order valence-electron chi connectivity index (χ0n) is 15.7. The van der Waals surface area contributed by atoms with Crippen LogP contribution in [0, 0.1) is 0 Å². The van der Waals surface area contributed by atoms with E-state index in [9.17, 15) is 8.42 Å². The Balaban J connectivity index is 1.83. The highest BCUT2D eigenvalue weighted by Crippen LogP contribution is 2.31. The van der Waals surface area contributed by atoms with E-state index in [1.54, 1.807) is 32.5 Å². The van der Waals surface area contributed by atoms with E-state index in [0.29, 0.717) is 36.2 Å². The standard InChI is InChI=1S/C18H24N4O4S/c1-4-22(13-8-10-27(23,24)12-13)18-19-9-7-17(21-18)20-15-6-5-14(25-2)11-16(15)26-3/h5-7,9,11,13H,4,8,10,12H2,1-3H3,(H,19,20,21). The van der Waals surface area contributed by atoms with Crippen molar-refractivity contribution in [2.75, 3.05) is 42.5 Å². The van der Waals surface area contributed by atoms with Gasteiger partial charge in [0, 0.05) is 24.8 Å². The van der Waals surface area contributed by atoms with Crippen LogP contribution >= 0.6 is 0 Å². The first-order valence-electron chi connectivity index (χ1n) is 8.75. The molecule has 2 heterocycles. The molecule has 3 rings (SSSR count). The molecule has 2 aromatic rings. The van der Waals surface area contributed by atoms with E-state index in [2.05, 4.69) is 15.3 Å². The van der Waals surface area contributed by atoms with Gasteiger partial charge in [-0.2, -0.15) is 4.98 Å². The average Bonchev–Trinajstić information content (AvgIpc) is 3.02. The Bertz CT molecular complexity index is 904. The second-order valence-electron chi connectivity index (χ2n) is 6.28. The Morgan fingerprint density at radius 3 is 2.70 bits per heavy atom. The van der Waals surface area contributed by atoms with Gasteiger partial charge in [-0.1, -0.05) is 0 Å². The highest BCUT2D eigenvalue weighted by molar-refractivity contribution is 7.91. The van der Waals surface area contributed by atoms with Crippen LogP contribution in [0.2, 0.25) is 0 Å². The van der Waals surface area contributed by atoms with Crippen molar-refractivity contribution in [3.63, 3.8) is 0 Å². The van der Waals surface area contributed by atoms with Crippen molar-refractivity contribution < 1.29 is 17.9 Å². The summed E-state index contributed by atoms with van der Waals surface area (Å²) in [7, 11) is 0.212. The number of sulfone groups is 1. The minimum atomic E-state index is -2.97. The van der Waals surface area contributed by atoms with Gasteiger partial charge in [-0.15, -0.1) is 0 Å². The van der Waals surface area contributed by atoms with Crippen LogP contribution in [0.5, 0.6) is 11.5 Å². The Morgan fingerprint density at radius 1 is 1.26 bits per heavy atom. The van der Waals surface area contributed by atoms with Crippen LogP contribution in [-0.2, 0) is 9.84 Å². The summed E-state index contributed by atoms with van der Waals surface area (Å²) in [6.07, 6.45) is 2.26. The molecule has 1 N–H and O–H groups in total. The maximum absolute atomic E-state index is 11.8. The summed E-state index contributed by atoms with van der Waals surface area (Å²) in [5, 5.41) is 3.22. The number of nitrogens with one attached hydrogen (secondary N) is 1. The number of hydrogen-bond acceptors (Lipinski definition) is 8. The van der Waals surface area contributed by atoms with Gasteiger partial charge in [0.2, 0.25) is 5.95 Å². The topological polar surface area (TPSA) is 93.7 Å². The molecule has 0 spiro atoms. The van der Waals surface area contributed by atoms with Crippen molar-refractivity contribution in [3.05, 3.63) is 30.5 Å². The molecule has 27 heavy (non-hydrogen) atoms. The fourth-order valence-corrected chi connectivity index (χ4v) is 4.91. The van der Waals surface area contributed by atoms with Crippen LogP contribution in [0.3, 0.4) is 0 Å².